The van der Waals surface area contributed by atoms with E-state index in [1.54, 1.807) is 4.57 Å². The first-order chi connectivity index (χ1) is 9.86. The molecule has 1 aromatic carbocycles. The predicted molar refractivity (Wildman–Crippen MR) is 79.9 cm³/mol. The second kappa shape index (κ2) is 4.81. The highest BCUT2D eigenvalue weighted by Gasteiger charge is 2.51. The van der Waals surface area contributed by atoms with E-state index in [-0.39, 0.29) is 16.6 Å². The molecule has 1 heterocycles. The summed E-state index contributed by atoms with van der Waals surface area (Å²) < 4.78 is 25.0. The van der Waals surface area contributed by atoms with Crippen molar-refractivity contribution in [3.05, 3.63) is 41.7 Å². The van der Waals surface area contributed by atoms with Crippen LogP contribution in [0.5, 0.6) is 0 Å². The van der Waals surface area contributed by atoms with Crippen molar-refractivity contribution in [1.29, 1.82) is 0 Å². The molecule has 3 rings (SSSR count). The molecule has 1 fully saturated rings. The molecule has 1 aromatic heterocycles. The van der Waals surface area contributed by atoms with Crippen molar-refractivity contribution in [3.63, 3.8) is 0 Å². The molecule has 0 aliphatic heterocycles. The van der Waals surface area contributed by atoms with Gasteiger partial charge in [0.05, 0.1) is 5.41 Å². The van der Waals surface area contributed by atoms with Crippen LogP contribution in [0.2, 0.25) is 0 Å². The van der Waals surface area contributed by atoms with Gasteiger partial charge in [0.15, 0.2) is 0 Å². The molecule has 112 valence electrons. The lowest BCUT2D eigenvalue weighted by atomic mass is 9.95. The molecule has 0 bridgehead atoms. The largest absolute Gasteiger partial charge is 0.298 e. The Hall–Kier alpha value is -1.40. The van der Waals surface area contributed by atoms with E-state index >= 15 is 0 Å². The lowest BCUT2D eigenvalue weighted by Gasteiger charge is -2.19. The fourth-order valence-electron chi connectivity index (χ4n) is 2.76. The standard InChI is InChI=1S/C14H16ClN3O2S/c1-10(2)18-12(16-17-13(18)21(15,19)20)14(8-9-14)11-6-4-3-5-7-11/h3-7,10H,8-9H2,1-2H3. The summed E-state index contributed by atoms with van der Waals surface area (Å²) in [6.07, 6.45) is 1.87. The summed E-state index contributed by atoms with van der Waals surface area (Å²) in [5.74, 6) is 0.683. The van der Waals surface area contributed by atoms with Gasteiger partial charge in [0.25, 0.3) is 14.2 Å². The molecule has 0 saturated heterocycles. The third-order valence-electron chi connectivity index (χ3n) is 3.90. The van der Waals surface area contributed by atoms with Gasteiger partial charge in [0.1, 0.15) is 5.82 Å². The van der Waals surface area contributed by atoms with Crippen LogP contribution >= 0.6 is 10.7 Å². The first-order valence-electron chi connectivity index (χ1n) is 6.82. The zero-order valence-electron chi connectivity index (χ0n) is 11.8. The van der Waals surface area contributed by atoms with Crippen molar-refractivity contribution in [3.8, 4) is 0 Å². The highest BCUT2D eigenvalue weighted by Crippen LogP contribution is 2.53. The van der Waals surface area contributed by atoms with Crippen LogP contribution in [0.3, 0.4) is 0 Å². The van der Waals surface area contributed by atoms with Gasteiger partial charge in [-0.1, -0.05) is 30.3 Å². The van der Waals surface area contributed by atoms with Crippen LogP contribution in [-0.2, 0) is 14.5 Å². The lowest BCUT2D eigenvalue weighted by Crippen LogP contribution is -2.20. The number of halogens is 1. The van der Waals surface area contributed by atoms with E-state index in [1.807, 2.05) is 44.2 Å². The lowest BCUT2D eigenvalue weighted by molar-refractivity contribution is 0.494. The zero-order chi connectivity index (χ0) is 15.3. The van der Waals surface area contributed by atoms with Gasteiger partial charge in [-0.25, -0.2) is 8.42 Å². The maximum absolute atomic E-state index is 11.7. The van der Waals surface area contributed by atoms with E-state index in [1.165, 1.54) is 0 Å². The van der Waals surface area contributed by atoms with Gasteiger partial charge in [0, 0.05) is 16.7 Å². The van der Waals surface area contributed by atoms with Crippen LogP contribution in [0.15, 0.2) is 35.5 Å². The Morgan fingerprint density at radius 2 is 1.81 bits per heavy atom. The SMILES string of the molecule is CC(C)n1c(C2(c3ccccc3)CC2)nnc1S(=O)(=O)Cl. The summed E-state index contributed by atoms with van der Waals surface area (Å²) in [5.41, 5.74) is 0.899. The number of nitrogens with zero attached hydrogens (tertiary/aromatic N) is 3. The summed E-state index contributed by atoms with van der Waals surface area (Å²) in [7, 11) is 1.58. The van der Waals surface area contributed by atoms with Crippen LogP contribution < -0.4 is 0 Å². The summed E-state index contributed by atoms with van der Waals surface area (Å²) in [4.78, 5) is 0. The Labute approximate surface area is 128 Å². The first kappa shape index (κ1) is 14.5. The Balaban J connectivity index is 2.19. The quantitative estimate of drug-likeness (QED) is 0.811. The molecular formula is C14H16ClN3O2S. The smallest absolute Gasteiger partial charge is 0.296 e. The van der Waals surface area contributed by atoms with Crippen molar-refractivity contribution >= 4 is 19.7 Å². The molecule has 1 aliphatic carbocycles. The van der Waals surface area contributed by atoms with Crippen LogP contribution in [0.4, 0.5) is 0 Å². The molecule has 0 unspecified atom stereocenters. The molecule has 0 radical (unpaired) electrons. The molecule has 1 aliphatic rings. The summed E-state index contributed by atoms with van der Waals surface area (Å²) in [6.45, 7) is 3.80. The van der Waals surface area contributed by atoms with Crippen LogP contribution in [-0.4, -0.2) is 23.2 Å². The highest BCUT2D eigenvalue weighted by molar-refractivity contribution is 8.13. The molecule has 2 aromatic rings. The first-order valence-corrected chi connectivity index (χ1v) is 9.13. The average Bonchev–Trinajstić information content (AvgIpc) is 3.09. The van der Waals surface area contributed by atoms with Crippen LogP contribution in [0, 0.1) is 0 Å². The topological polar surface area (TPSA) is 64.8 Å². The van der Waals surface area contributed by atoms with E-state index in [9.17, 15) is 8.42 Å². The molecule has 0 N–H and O–H groups in total. The highest BCUT2D eigenvalue weighted by atomic mass is 35.7. The molecule has 0 spiro atoms. The number of hydrogen-bond donors (Lipinski definition) is 0. The van der Waals surface area contributed by atoms with Crippen molar-refractivity contribution in [1.82, 2.24) is 14.8 Å². The van der Waals surface area contributed by atoms with Crippen molar-refractivity contribution < 1.29 is 8.42 Å². The second-order valence-corrected chi connectivity index (χ2v) is 8.12. The monoisotopic (exact) mass is 325 g/mol. The van der Waals surface area contributed by atoms with E-state index < -0.39 is 9.05 Å². The fraction of sp³-hybridized carbons (Fsp3) is 0.429. The molecule has 0 atom stereocenters. The fourth-order valence-corrected chi connectivity index (χ4v) is 3.74. The summed E-state index contributed by atoms with van der Waals surface area (Å²) in [6, 6.07) is 9.92. The number of aromatic nitrogens is 3. The van der Waals surface area contributed by atoms with Crippen LogP contribution in [0.1, 0.15) is 44.1 Å². The van der Waals surface area contributed by atoms with E-state index in [0.717, 1.165) is 18.4 Å². The maximum Gasteiger partial charge on any atom is 0.296 e. The Morgan fingerprint density at radius 1 is 1.19 bits per heavy atom. The average molecular weight is 326 g/mol. The normalized spacial score (nSPS) is 17.1. The van der Waals surface area contributed by atoms with E-state index in [0.29, 0.717) is 5.82 Å². The summed E-state index contributed by atoms with van der Waals surface area (Å²) >= 11 is 0. The second-order valence-electron chi connectivity index (χ2n) is 5.66. The Bertz CT molecular complexity index is 765. The van der Waals surface area contributed by atoms with Crippen LogP contribution in [0.25, 0.3) is 0 Å². The van der Waals surface area contributed by atoms with Gasteiger partial charge in [-0.15, -0.1) is 10.2 Å². The number of benzene rings is 1. The molecule has 1 saturated carbocycles. The predicted octanol–water partition coefficient (Wildman–Crippen LogP) is 2.87. The molecule has 5 nitrogen and oxygen atoms in total. The van der Waals surface area contributed by atoms with Crippen molar-refractivity contribution in [2.24, 2.45) is 0 Å². The Kier molecular flexibility index (Phi) is 3.33. The Morgan fingerprint density at radius 3 is 2.29 bits per heavy atom. The van der Waals surface area contributed by atoms with Gasteiger partial charge in [0.2, 0.25) is 0 Å². The van der Waals surface area contributed by atoms with Gasteiger partial charge in [-0.3, -0.25) is 4.57 Å². The number of hydrogen-bond acceptors (Lipinski definition) is 4. The molecule has 7 heteroatoms. The third-order valence-corrected chi connectivity index (χ3v) is 5.03. The van der Waals surface area contributed by atoms with Gasteiger partial charge < -0.3 is 0 Å². The minimum absolute atomic E-state index is 0.0836. The minimum atomic E-state index is -3.91. The minimum Gasteiger partial charge on any atom is -0.298 e. The maximum atomic E-state index is 11.7. The molecule has 0 amide bonds. The van der Waals surface area contributed by atoms with Crippen molar-refractivity contribution in [2.45, 2.75) is 43.3 Å². The van der Waals surface area contributed by atoms with E-state index in [2.05, 4.69) is 10.2 Å². The van der Waals surface area contributed by atoms with Gasteiger partial charge in [-0.05, 0) is 32.3 Å². The molecular weight excluding hydrogens is 310 g/mol. The third kappa shape index (κ3) is 2.36. The zero-order valence-corrected chi connectivity index (χ0v) is 13.4. The molecule has 21 heavy (non-hydrogen) atoms. The van der Waals surface area contributed by atoms with Gasteiger partial charge >= 0.3 is 0 Å². The van der Waals surface area contributed by atoms with Crippen molar-refractivity contribution in [2.75, 3.05) is 0 Å². The summed E-state index contributed by atoms with van der Waals surface area (Å²) in [5, 5.41) is 7.83. The van der Waals surface area contributed by atoms with E-state index in [4.69, 9.17) is 10.7 Å². The number of rotatable bonds is 4. The van der Waals surface area contributed by atoms with Gasteiger partial charge in [-0.2, -0.15) is 0 Å².